The summed E-state index contributed by atoms with van der Waals surface area (Å²) in [6, 6.07) is 4.56. The van der Waals surface area contributed by atoms with Crippen LogP contribution in [0.15, 0.2) is 18.2 Å². The van der Waals surface area contributed by atoms with E-state index in [2.05, 4.69) is 22.6 Å². The third-order valence-electron chi connectivity index (χ3n) is 2.59. The average Bonchev–Trinajstić information content (AvgIpc) is 2.19. The first-order chi connectivity index (χ1) is 7.48. The van der Waals surface area contributed by atoms with E-state index in [0.29, 0.717) is 13.1 Å². The Bertz CT molecular complexity index is 490. The molecular formula is C10H11FINO2S. The van der Waals surface area contributed by atoms with Crippen LogP contribution in [0.2, 0.25) is 0 Å². The summed E-state index contributed by atoms with van der Waals surface area (Å²) in [6.45, 7) is 0.980. The fraction of sp³-hybridized carbons (Fsp3) is 0.400. The standard InChI is InChI=1S/C10H11FINO2S/c11-8-1-2-10(9(12)7-8)13-3-5-16(14,15)6-4-13/h1-2,7H,3-6H2. The SMILES string of the molecule is O=S1(=O)CCN(c2ccc(F)cc2I)CC1. The molecule has 0 saturated carbocycles. The molecule has 1 aliphatic heterocycles. The molecule has 0 aromatic heterocycles. The van der Waals surface area contributed by atoms with E-state index in [1.807, 2.05) is 4.90 Å². The van der Waals surface area contributed by atoms with Crippen LogP contribution in [0.3, 0.4) is 0 Å². The second-order valence-corrected chi connectivity index (χ2v) is 7.20. The van der Waals surface area contributed by atoms with Crippen LogP contribution >= 0.6 is 22.6 Å². The Hall–Kier alpha value is -0.370. The molecule has 1 saturated heterocycles. The van der Waals surface area contributed by atoms with Gasteiger partial charge in [0.15, 0.2) is 9.84 Å². The van der Waals surface area contributed by atoms with E-state index in [-0.39, 0.29) is 17.3 Å². The third kappa shape index (κ3) is 2.65. The van der Waals surface area contributed by atoms with Gasteiger partial charge >= 0.3 is 0 Å². The fourth-order valence-corrected chi connectivity index (χ4v) is 3.71. The van der Waals surface area contributed by atoms with Crippen molar-refractivity contribution in [3.8, 4) is 0 Å². The lowest BCUT2D eigenvalue weighted by atomic mass is 10.3. The van der Waals surface area contributed by atoms with Crippen molar-refractivity contribution in [1.29, 1.82) is 0 Å². The Morgan fingerprint density at radius 2 is 1.88 bits per heavy atom. The van der Waals surface area contributed by atoms with Gasteiger partial charge in [-0.25, -0.2) is 12.8 Å². The van der Waals surface area contributed by atoms with Crippen molar-refractivity contribution >= 4 is 38.1 Å². The maximum absolute atomic E-state index is 12.9. The molecule has 1 aromatic rings. The quantitative estimate of drug-likeness (QED) is 0.720. The van der Waals surface area contributed by atoms with E-state index < -0.39 is 9.84 Å². The summed E-state index contributed by atoms with van der Waals surface area (Å²) < 4.78 is 36.3. The van der Waals surface area contributed by atoms with Gasteiger partial charge in [0.2, 0.25) is 0 Å². The molecule has 3 nitrogen and oxygen atoms in total. The van der Waals surface area contributed by atoms with E-state index in [9.17, 15) is 12.8 Å². The smallest absolute Gasteiger partial charge is 0.153 e. The predicted molar refractivity (Wildman–Crippen MR) is 70.0 cm³/mol. The van der Waals surface area contributed by atoms with Crippen LogP contribution in [0, 0.1) is 9.39 Å². The third-order valence-corrected chi connectivity index (χ3v) is 5.07. The molecule has 88 valence electrons. The molecule has 0 atom stereocenters. The number of nitrogens with zero attached hydrogens (tertiary/aromatic N) is 1. The normalized spacial score (nSPS) is 19.8. The number of hydrogen-bond acceptors (Lipinski definition) is 3. The Labute approximate surface area is 108 Å². The van der Waals surface area contributed by atoms with Gasteiger partial charge in [0.05, 0.1) is 17.2 Å². The van der Waals surface area contributed by atoms with Crippen molar-refractivity contribution in [3.63, 3.8) is 0 Å². The van der Waals surface area contributed by atoms with Gasteiger partial charge < -0.3 is 4.90 Å². The molecule has 1 aliphatic rings. The number of halogens is 2. The van der Waals surface area contributed by atoms with Gasteiger partial charge in [-0.15, -0.1) is 0 Å². The molecule has 1 heterocycles. The zero-order valence-corrected chi connectivity index (χ0v) is 11.5. The van der Waals surface area contributed by atoms with Gasteiger partial charge in [-0.3, -0.25) is 0 Å². The van der Waals surface area contributed by atoms with Gasteiger partial charge in [0.25, 0.3) is 0 Å². The number of anilines is 1. The van der Waals surface area contributed by atoms with Crippen LogP contribution in [-0.4, -0.2) is 33.0 Å². The molecule has 0 unspecified atom stereocenters. The van der Waals surface area contributed by atoms with Crippen molar-refractivity contribution in [2.24, 2.45) is 0 Å². The van der Waals surface area contributed by atoms with E-state index >= 15 is 0 Å². The molecule has 6 heteroatoms. The largest absolute Gasteiger partial charge is 0.369 e. The Morgan fingerprint density at radius 1 is 1.25 bits per heavy atom. The highest BCUT2D eigenvalue weighted by molar-refractivity contribution is 14.1. The molecule has 1 fully saturated rings. The van der Waals surface area contributed by atoms with Crippen molar-refractivity contribution < 1.29 is 12.8 Å². The summed E-state index contributed by atoms with van der Waals surface area (Å²) in [7, 11) is -2.86. The zero-order chi connectivity index (χ0) is 11.8. The molecule has 16 heavy (non-hydrogen) atoms. The summed E-state index contributed by atoms with van der Waals surface area (Å²) in [5, 5.41) is 0. The Kier molecular flexibility index (Phi) is 3.39. The van der Waals surface area contributed by atoms with Crippen LogP contribution in [0.5, 0.6) is 0 Å². The predicted octanol–water partition coefficient (Wildman–Crippen LogP) is 1.67. The highest BCUT2D eigenvalue weighted by Gasteiger charge is 2.22. The molecular weight excluding hydrogens is 344 g/mol. The van der Waals surface area contributed by atoms with Gasteiger partial charge in [0.1, 0.15) is 5.82 Å². The summed E-state index contributed by atoms with van der Waals surface area (Å²) in [6.07, 6.45) is 0. The summed E-state index contributed by atoms with van der Waals surface area (Å²) in [5.74, 6) is 0.0961. The summed E-state index contributed by atoms with van der Waals surface area (Å²) in [4.78, 5) is 1.99. The van der Waals surface area contributed by atoms with E-state index in [0.717, 1.165) is 9.26 Å². The van der Waals surface area contributed by atoms with E-state index in [1.54, 1.807) is 6.07 Å². The lowest BCUT2D eigenvalue weighted by Gasteiger charge is -2.29. The Balaban J connectivity index is 2.20. The average molecular weight is 355 g/mol. The van der Waals surface area contributed by atoms with Crippen molar-refractivity contribution in [1.82, 2.24) is 0 Å². The second-order valence-electron chi connectivity index (χ2n) is 3.73. The molecule has 0 spiro atoms. The first kappa shape index (κ1) is 12.1. The van der Waals surface area contributed by atoms with Crippen LogP contribution < -0.4 is 4.90 Å². The van der Waals surface area contributed by atoms with Gasteiger partial charge in [-0.05, 0) is 40.8 Å². The van der Waals surface area contributed by atoms with Gasteiger partial charge in [-0.2, -0.15) is 0 Å². The van der Waals surface area contributed by atoms with Crippen molar-refractivity contribution in [2.45, 2.75) is 0 Å². The number of benzene rings is 1. The van der Waals surface area contributed by atoms with E-state index in [1.165, 1.54) is 12.1 Å². The maximum Gasteiger partial charge on any atom is 0.153 e. The highest BCUT2D eigenvalue weighted by Crippen LogP contribution is 2.24. The molecule has 0 radical (unpaired) electrons. The lowest BCUT2D eigenvalue weighted by molar-refractivity contribution is 0.586. The van der Waals surface area contributed by atoms with Crippen LogP contribution in [0.4, 0.5) is 10.1 Å². The van der Waals surface area contributed by atoms with Crippen LogP contribution in [-0.2, 0) is 9.84 Å². The maximum atomic E-state index is 12.9. The topological polar surface area (TPSA) is 37.4 Å². The minimum atomic E-state index is -2.86. The van der Waals surface area contributed by atoms with Crippen LogP contribution in [0.25, 0.3) is 0 Å². The Morgan fingerprint density at radius 3 is 2.44 bits per heavy atom. The monoisotopic (exact) mass is 355 g/mol. The number of sulfone groups is 1. The number of hydrogen-bond donors (Lipinski definition) is 0. The molecule has 0 aliphatic carbocycles. The molecule has 2 rings (SSSR count). The first-order valence-corrected chi connectivity index (χ1v) is 7.78. The first-order valence-electron chi connectivity index (χ1n) is 4.88. The second kappa shape index (κ2) is 4.48. The van der Waals surface area contributed by atoms with E-state index in [4.69, 9.17) is 0 Å². The minimum Gasteiger partial charge on any atom is -0.369 e. The van der Waals surface area contributed by atoms with Crippen molar-refractivity contribution in [3.05, 3.63) is 27.6 Å². The molecule has 0 amide bonds. The minimum absolute atomic E-state index is 0.181. The zero-order valence-electron chi connectivity index (χ0n) is 8.49. The summed E-state index contributed by atoms with van der Waals surface area (Å²) >= 11 is 2.07. The summed E-state index contributed by atoms with van der Waals surface area (Å²) in [5.41, 5.74) is 0.914. The lowest BCUT2D eigenvalue weighted by Crippen LogP contribution is -2.40. The van der Waals surface area contributed by atoms with Gasteiger partial charge in [0, 0.05) is 16.7 Å². The fourth-order valence-electron chi connectivity index (χ4n) is 1.69. The molecule has 0 bridgehead atoms. The van der Waals surface area contributed by atoms with Crippen molar-refractivity contribution in [2.75, 3.05) is 29.5 Å². The molecule has 1 aromatic carbocycles. The molecule has 0 N–H and O–H groups in total. The van der Waals surface area contributed by atoms with Gasteiger partial charge in [-0.1, -0.05) is 0 Å². The van der Waals surface area contributed by atoms with Crippen LogP contribution in [0.1, 0.15) is 0 Å². The highest BCUT2D eigenvalue weighted by atomic mass is 127. The number of rotatable bonds is 1.